The van der Waals surface area contributed by atoms with E-state index in [4.69, 9.17) is 0 Å². The van der Waals surface area contributed by atoms with Gasteiger partial charge in [-0.15, -0.1) is 0 Å². The van der Waals surface area contributed by atoms with Crippen molar-refractivity contribution in [2.45, 2.75) is 26.7 Å². The van der Waals surface area contributed by atoms with Crippen molar-refractivity contribution < 1.29 is 9.59 Å². The fourth-order valence-corrected chi connectivity index (χ4v) is 3.00. The monoisotopic (exact) mass is 288 g/mol. The number of hydrogen-bond donors (Lipinski definition) is 1. The minimum absolute atomic E-state index is 0.121. The summed E-state index contributed by atoms with van der Waals surface area (Å²) in [6.45, 7) is 6.46. The number of carbonyl (C=O) groups excluding carboxylic acids is 2. The van der Waals surface area contributed by atoms with E-state index in [9.17, 15) is 9.59 Å². The molecule has 1 aromatic carbocycles. The summed E-state index contributed by atoms with van der Waals surface area (Å²) in [6, 6.07) is 9.07. The third-order valence-corrected chi connectivity index (χ3v) is 3.88. The molecule has 4 heteroatoms. The second-order valence-corrected chi connectivity index (χ2v) is 6.12. The molecule has 2 atom stereocenters. The van der Waals surface area contributed by atoms with Crippen LogP contribution in [-0.4, -0.2) is 36.3 Å². The van der Waals surface area contributed by atoms with Crippen molar-refractivity contribution in [1.29, 1.82) is 0 Å². The van der Waals surface area contributed by atoms with Crippen LogP contribution in [0.2, 0.25) is 0 Å². The van der Waals surface area contributed by atoms with E-state index < -0.39 is 0 Å². The maximum Gasteiger partial charge on any atom is 0.251 e. The first-order valence-corrected chi connectivity index (χ1v) is 7.67. The molecule has 2 rings (SSSR count). The van der Waals surface area contributed by atoms with Crippen LogP contribution < -0.4 is 5.32 Å². The van der Waals surface area contributed by atoms with Crippen LogP contribution in [0.4, 0.5) is 0 Å². The van der Waals surface area contributed by atoms with Gasteiger partial charge < -0.3 is 10.2 Å². The van der Waals surface area contributed by atoms with E-state index in [1.807, 2.05) is 23.1 Å². The average molecular weight is 288 g/mol. The molecule has 0 aliphatic carbocycles. The van der Waals surface area contributed by atoms with E-state index in [0.29, 0.717) is 30.4 Å². The third-order valence-electron chi connectivity index (χ3n) is 3.88. The van der Waals surface area contributed by atoms with Gasteiger partial charge in [0, 0.05) is 31.6 Å². The Morgan fingerprint density at radius 2 is 1.76 bits per heavy atom. The molecule has 1 aliphatic heterocycles. The molecular weight excluding hydrogens is 264 g/mol. The summed E-state index contributed by atoms with van der Waals surface area (Å²) < 4.78 is 0. The van der Waals surface area contributed by atoms with Crippen LogP contribution in [0.15, 0.2) is 30.3 Å². The molecule has 0 radical (unpaired) electrons. The summed E-state index contributed by atoms with van der Waals surface area (Å²) in [5, 5.41) is 2.80. The largest absolute Gasteiger partial charge is 0.352 e. The van der Waals surface area contributed by atoms with Gasteiger partial charge in [-0.1, -0.05) is 32.0 Å². The van der Waals surface area contributed by atoms with E-state index >= 15 is 0 Å². The van der Waals surface area contributed by atoms with Crippen molar-refractivity contribution in [3.05, 3.63) is 35.9 Å². The van der Waals surface area contributed by atoms with Crippen LogP contribution in [0.5, 0.6) is 0 Å². The highest BCUT2D eigenvalue weighted by molar-refractivity contribution is 5.94. The lowest BCUT2D eigenvalue weighted by molar-refractivity contribution is -0.133. The predicted octanol–water partition coefficient (Wildman–Crippen LogP) is 2.31. The maximum absolute atomic E-state index is 12.2. The molecule has 0 saturated carbocycles. The smallest absolute Gasteiger partial charge is 0.251 e. The lowest BCUT2D eigenvalue weighted by atomic mass is 9.92. The van der Waals surface area contributed by atoms with Gasteiger partial charge in [0.1, 0.15) is 0 Å². The minimum Gasteiger partial charge on any atom is -0.352 e. The third kappa shape index (κ3) is 4.59. The molecule has 1 fully saturated rings. The Morgan fingerprint density at radius 1 is 1.14 bits per heavy atom. The van der Waals surface area contributed by atoms with Crippen LogP contribution in [0.25, 0.3) is 0 Å². The summed E-state index contributed by atoms with van der Waals surface area (Å²) in [5.41, 5.74) is 0.630. The number of likely N-dealkylation sites (tertiary alicyclic amines) is 1. The number of amides is 2. The van der Waals surface area contributed by atoms with Crippen LogP contribution in [-0.2, 0) is 4.79 Å². The van der Waals surface area contributed by atoms with Crippen molar-refractivity contribution in [1.82, 2.24) is 10.2 Å². The molecule has 1 aliphatic rings. The Balaban J connectivity index is 1.75. The van der Waals surface area contributed by atoms with E-state index in [0.717, 1.165) is 13.1 Å². The molecule has 114 valence electrons. The lowest BCUT2D eigenvalue weighted by Crippen LogP contribution is -2.43. The average Bonchev–Trinajstić information content (AvgIpc) is 2.47. The van der Waals surface area contributed by atoms with Crippen molar-refractivity contribution in [2.75, 3.05) is 19.6 Å². The Hall–Kier alpha value is -1.84. The van der Waals surface area contributed by atoms with E-state index in [-0.39, 0.29) is 11.8 Å². The minimum atomic E-state index is -0.121. The normalized spacial score (nSPS) is 21.9. The SMILES string of the molecule is C[C@@H]1C[C@H](C)CN(C(=O)CCNC(=O)c2ccccc2)C1. The molecule has 1 N–H and O–H groups in total. The first kappa shape index (κ1) is 15.5. The molecular formula is C17H24N2O2. The molecule has 21 heavy (non-hydrogen) atoms. The second kappa shape index (κ2) is 7.25. The van der Waals surface area contributed by atoms with Crippen LogP contribution in [0.3, 0.4) is 0 Å². The number of carbonyl (C=O) groups is 2. The van der Waals surface area contributed by atoms with Crippen LogP contribution >= 0.6 is 0 Å². The van der Waals surface area contributed by atoms with Crippen molar-refractivity contribution >= 4 is 11.8 Å². The van der Waals surface area contributed by atoms with Gasteiger partial charge in [-0.2, -0.15) is 0 Å². The fourth-order valence-electron chi connectivity index (χ4n) is 3.00. The summed E-state index contributed by atoms with van der Waals surface area (Å²) in [6.07, 6.45) is 1.56. The molecule has 1 aromatic rings. The standard InChI is InChI=1S/C17H24N2O2/c1-13-10-14(2)12-19(11-13)16(20)8-9-18-17(21)15-6-4-3-5-7-15/h3-7,13-14H,8-12H2,1-2H3,(H,18,21)/t13-,14+. The highest BCUT2D eigenvalue weighted by Gasteiger charge is 2.24. The van der Waals surface area contributed by atoms with Gasteiger partial charge in [0.25, 0.3) is 5.91 Å². The predicted molar refractivity (Wildman–Crippen MR) is 82.9 cm³/mol. The molecule has 0 unspecified atom stereocenters. The maximum atomic E-state index is 12.2. The first-order chi connectivity index (χ1) is 10.1. The summed E-state index contributed by atoms with van der Waals surface area (Å²) in [5.74, 6) is 1.15. The Labute approximate surface area is 126 Å². The molecule has 1 heterocycles. The van der Waals surface area contributed by atoms with Gasteiger partial charge in [0.2, 0.25) is 5.91 Å². The Morgan fingerprint density at radius 3 is 2.38 bits per heavy atom. The van der Waals surface area contributed by atoms with Gasteiger partial charge >= 0.3 is 0 Å². The topological polar surface area (TPSA) is 49.4 Å². The van der Waals surface area contributed by atoms with Crippen molar-refractivity contribution in [3.8, 4) is 0 Å². The number of benzene rings is 1. The van der Waals surface area contributed by atoms with E-state index in [1.54, 1.807) is 12.1 Å². The van der Waals surface area contributed by atoms with Gasteiger partial charge in [-0.25, -0.2) is 0 Å². The molecule has 0 bridgehead atoms. The summed E-state index contributed by atoms with van der Waals surface area (Å²) >= 11 is 0. The number of rotatable bonds is 4. The van der Waals surface area contributed by atoms with Crippen molar-refractivity contribution in [3.63, 3.8) is 0 Å². The zero-order valence-corrected chi connectivity index (χ0v) is 12.8. The first-order valence-electron chi connectivity index (χ1n) is 7.67. The summed E-state index contributed by atoms with van der Waals surface area (Å²) in [4.78, 5) is 26.0. The number of nitrogens with zero attached hydrogens (tertiary/aromatic N) is 1. The van der Waals surface area contributed by atoms with Gasteiger partial charge in [0.05, 0.1) is 0 Å². The van der Waals surface area contributed by atoms with E-state index in [1.165, 1.54) is 6.42 Å². The lowest BCUT2D eigenvalue weighted by Gasteiger charge is -2.35. The zero-order valence-electron chi connectivity index (χ0n) is 12.8. The molecule has 2 amide bonds. The highest BCUT2D eigenvalue weighted by atomic mass is 16.2. The van der Waals surface area contributed by atoms with Crippen LogP contribution in [0, 0.1) is 11.8 Å². The molecule has 0 spiro atoms. The second-order valence-electron chi connectivity index (χ2n) is 6.12. The number of hydrogen-bond acceptors (Lipinski definition) is 2. The van der Waals surface area contributed by atoms with E-state index in [2.05, 4.69) is 19.2 Å². The van der Waals surface area contributed by atoms with Crippen molar-refractivity contribution in [2.24, 2.45) is 11.8 Å². The fraction of sp³-hybridized carbons (Fsp3) is 0.529. The highest BCUT2D eigenvalue weighted by Crippen LogP contribution is 2.21. The molecule has 0 aromatic heterocycles. The molecule has 1 saturated heterocycles. The number of piperidine rings is 1. The Kier molecular flexibility index (Phi) is 5.37. The van der Waals surface area contributed by atoms with Crippen LogP contribution in [0.1, 0.15) is 37.0 Å². The Bertz CT molecular complexity index is 477. The summed E-state index contributed by atoms with van der Waals surface area (Å²) in [7, 11) is 0. The zero-order chi connectivity index (χ0) is 15.2. The van der Waals surface area contributed by atoms with Gasteiger partial charge in [-0.3, -0.25) is 9.59 Å². The quantitative estimate of drug-likeness (QED) is 0.924. The van der Waals surface area contributed by atoms with Gasteiger partial charge in [0.15, 0.2) is 0 Å². The number of nitrogens with one attached hydrogen (secondary N) is 1. The van der Waals surface area contributed by atoms with Gasteiger partial charge in [-0.05, 0) is 30.4 Å². The molecule has 4 nitrogen and oxygen atoms in total.